The molecule has 0 N–H and O–H groups in total. The van der Waals surface area contributed by atoms with Crippen LogP contribution in [0.4, 0.5) is 0 Å². The van der Waals surface area contributed by atoms with Crippen molar-refractivity contribution in [3.8, 4) is 0 Å². The summed E-state index contributed by atoms with van der Waals surface area (Å²) in [6.07, 6.45) is 4.52. The van der Waals surface area contributed by atoms with E-state index in [-0.39, 0.29) is 0 Å². The van der Waals surface area contributed by atoms with Crippen LogP contribution in [0, 0.1) is 17.3 Å². The summed E-state index contributed by atoms with van der Waals surface area (Å²) in [5, 5.41) is 0. The Morgan fingerprint density at radius 1 is 1.62 bits per heavy atom. The smallest absolute Gasteiger partial charge is 0.0240 e. The second-order valence-corrected chi connectivity index (χ2v) is 3.52. The van der Waals surface area contributed by atoms with E-state index in [9.17, 15) is 0 Å². The molecule has 2 aliphatic rings. The van der Waals surface area contributed by atoms with E-state index in [2.05, 4.69) is 13.8 Å². The predicted molar refractivity (Wildman–Crippen MR) is 34.6 cm³/mol. The molecule has 8 heavy (non-hydrogen) atoms. The van der Waals surface area contributed by atoms with Crippen molar-refractivity contribution in [2.45, 2.75) is 33.1 Å². The Morgan fingerprint density at radius 3 is 2.38 bits per heavy atom. The van der Waals surface area contributed by atoms with Crippen LogP contribution in [0.1, 0.15) is 33.1 Å². The SMILES string of the molecule is CCC12CCC1C2C. The molecule has 0 bridgehead atoms. The van der Waals surface area contributed by atoms with Gasteiger partial charge in [-0.3, -0.25) is 0 Å². The Labute approximate surface area is 51.3 Å². The molecule has 0 heterocycles. The lowest BCUT2D eigenvalue weighted by molar-refractivity contribution is 0.279. The summed E-state index contributed by atoms with van der Waals surface area (Å²) < 4.78 is 0. The third-order valence-electron chi connectivity index (χ3n) is 3.72. The highest BCUT2D eigenvalue weighted by molar-refractivity contribution is 5.14. The molecule has 2 saturated carbocycles. The topological polar surface area (TPSA) is 0 Å². The second-order valence-electron chi connectivity index (χ2n) is 3.52. The van der Waals surface area contributed by atoms with Gasteiger partial charge in [0.25, 0.3) is 0 Å². The molecule has 3 atom stereocenters. The molecule has 0 radical (unpaired) electrons. The van der Waals surface area contributed by atoms with Crippen molar-refractivity contribution in [1.29, 1.82) is 0 Å². The van der Waals surface area contributed by atoms with Crippen LogP contribution in [-0.4, -0.2) is 0 Å². The van der Waals surface area contributed by atoms with Gasteiger partial charge in [-0.1, -0.05) is 13.8 Å². The minimum absolute atomic E-state index is 0.889. The molecule has 0 amide bonds. The highest BCUT2D eigenvalue weighted by Crippen LogP contribution is 2.73. The maximum absolute atomic E-state index is 2.42. The van der Waals surface area contributed by atoms with Gasteiger partial charge in [0, 0.05) is 0 Å². The Hall–Kier alpha value is 0. The van der Waals surface area contributed by atoms with E-state index in [0.717, 1.165) is 17.3 Å². The number of hydrogen-bond donors (Lipinski definition) is 0. The van der Waals surface area contributed by atoms with Crippen molar-refractivity contribution >= 4 is 0 Å². The molecule has 0 aromatic carbocycles. The highest BCUT2D eigenvalue weighted by atomic mass is 14.7. The number of fused-ring (bicyclic) bond motifs is 1. The highest BCUT2D eigenvalue weighted by Gasteiger charge is 2.65. The van der Waals surface area contributed by atoms with Gasteiger partial charge in [-0.05, 0) is 36.5 Å². The van der Waals surface area contributed by atoms with E-state index in [4.69, 9.17) is 0 Å². The van der Waals surface area contributed by atoms with E-state index in [1.807, 2.05) is 0 Å². The maximum atomic E-state index is 2.42. The summed E-state index contributed by atoms with van der Waals surface area (Å²) in [4.78, 5) is 0. The molecule has 2 aliphatic carbocycles. The first-order chi connectivity index (χ1) is 3.81. The third kappa shape index (κ3) is 0.284. The fourth-order valence-corrected chi connectivity index (χ4v) is 2.72. The molecular formula is C8H14. The minimum Gasteiger partial charge on any atom is -0.0648 e. The molecular weight excluding hydrogens is 96.1 g/mol. The van der Waals surface area contributed by atoms with E-state index in [1.54, 1.807) is 0 Å². The molecule has 2 rings (SSSR count). The first-order valence-corrected chi connectivity index (χ1v) is 3.81. The zero-order valence-corrected chi connectivity index (χ0v) is 5.78. The van der Waals surface area contributed by atoms with Gasteiger partial charge in [-0.25, -0.2) is 0 Å². The van der Waals surface area contributed by atoms with Gasteiger partial charge >= 0.3 is 0 Å². The summed E-state index contributed by atoms with van der Waals surface area (Å²) in [6.45, 7) is 4.76. The van der Waals surface area contributed by atoms with Crippen LogP contribution in [0.3, 0.4) is 0 Å². The normalized spacial score (nSPS) is 59.2. The van der Waals surface area contributed by atoms with Crippen LogP contribution in [-0.2, 0) is 0 Å². The minimum atomic E-state index is 0.889. The van der Waals surface area contributed by atoms with Crippen LogP contribution >= 0.6 is 0 Å². The largest absolute Gasteiger partial charge is 0.0648 e. The van der Waals surface area contributed by atoms with Gasteiger partial charge in [0.2, 0.25) is 0 Å². The van der Waals surface area contributed by atoms with E-state index in [0.29, 0.717) is 0 Å². The maximum Gasteiger partial charge on any atom is -0.0240 e. The van der Waals surface area contributed by atoms with Crippen molar-refractivity contribution in [1.82, 2.24) is 0 Å². The van der Waals surface area contributed by atoms with Crippen LogP contribution in [0.2, 0.25) is 0 Å². The monoisotopic (exact) mass is 110 g/mol. The van der Waals surface area contributed by atoms with Crippen molar-refractivity contribution in [3.63, 3.8) is 0 Å². The first kappa shape index (κ1) is 4.84. The summed E-state index contributed by atoms with van der Waals surface area (Å²) in [7, 11) is 0. The first-order valence-electron chi connectivity index (χ1n) is 3.81. The van der Waals surface area contributed by atoms with Crippen LogP contribution in [0.15, 0.2) is 0 Å². The number of hydrogen-bond acceptors (Lipinski definition) is 0. The molecule has 46 valence electrons. The van der Waals surface area contributed by atoms with E-state index >= 15 is 0 Å². The van der Waals surface area contributed by atoms with Gasteiger partial charge in [0.1, 0.15) is 0 Å². The average Bonchev–Trinajstić information content (AvgIpc) is 2.02. The predicted octanol–water partition coefficient (Wildman–Crippen LogP) is 2.44. The van der Waals surface area contributed by atoms with Gasteiger partial charge in [-0.15, -0.1) is 0 Å². The zero-order chi connectivity index (χ0) is 5.78. The quantitative estimate of drug-likeness (QED) is 0.486. The van der Waals surface area contributed by atoms with Gasteiger partial charge in [-0.2, -0.15) is 0 Å². The van der Waals surface area contributed by atoms with Crippen molar-refractivity contribution < 1.29 is 0 Å². The van der Waals surface area contributed by atoms with Crippen molar-refractivity contribution in [3.05, 3.63) is 0 Å². The van der Waals surface area contributed by atoms with E-state index in [1.165, 1.54) is 19.3 Å². The number of rotatable bonds is 1. The Kier molecular flexibility index (Phi) is 0.678. The second kappa shape index (κ2) is 1.12. The van der Waals surface area contributed by atoms with Gasteiger partial charge in [0.15, 0.2) is 0 Å². The summed E-state index contributed by atoms with van der Waals surface area (Å²) >= 11 is 0. The molecule has 0 spiro atoms. The molecule has 3 unspecified atom stereocenters. The lowest BCUT2D eigenvalue weighted by Crippen LogP contribution is -2.12. The van der Waals surface area contributed by atoms with Crippen LogP contribution in [0.25, 0.3) is 0 Å². The van der Waals surface area contributed by atoms with Crippen molar-refractivity contribution in [2.24, 2.45) is 17.3 Å². The standard InChI is InChI=1S/C8H14/c1-3-8-5-4-7(8)6(8)2/h6-7H,3-5H2,1-2H3. The lowest BCUT2D eigenvalue weighted by atomic mass is 9.82. The van der Waals surface area contributed by atoms with E-state index < -0.39 is 0 Å². The van der Waals surface area contributed by atoms with Gasteiger partial charge in [0.05, 0.1) is 0 Å². The van der Waals surface area contributed by atoms with Crippen molar-refractivity contribution in [2.75, 3.05) is 0 Å². The molecule has 0 aromatic heterocycles. The Bertz CT molecular complexity index is 107. The Morgan fingerprint density at radius 2 is 2.38 bits per heavy atom. The fourth-order valence-electron chi connectivity index (χ4n) is 2.72. The van der Waals surface area contributed by atoms with Crippen LogP contribution < -0.4 is 0 Å². The average molecular weight is 110 g/mol. The summed E-state index contributed by atoms with van der Waals surface area (Å²) in [5.41, 5.74) is 0.889. The summed E-state index contributed by atoms with van der Waals surface area (Å²) in [5.74, 6) is 2.25. The third-order valence-corrected chi connectivity index (χ3v) is 3.72. The fraction of sp³-hybridized carbons (Fsp3) is 1.00. The Balaban J connectivity index is 2.11. The van der Waals surface area contributed by atoms with Gasteiger partial charge < -0.3 is 0 Å². The molecule has 0 heteroatoms. The molecule has 2 fully saturated rings. The summed E-state index contributed by atoms with van der Waals surface area (Å²) in [6, 6.07) is 0. The molecule has 0 aromatic rings. The zero-order valence-electron chi connectivity index (χ0n) is 5.78. The molecule has 0 aliphatic heterocycles. The van der Waals surface area contributed by atoms with Crippen LogP contribution in [0.5, 0.6) is 0 Å². The molecule has 0 saturated heterocycles. The lowest BCUT2D eigenvalue weighted by Gasteiger charge is -2.23. The molecule has 0 nitrogen and oxygen atoms in total.